The number of nitrogens with zero attached hydrogens (tertiary/aromatic N) is 1. The van der Waals surface area contributed by atoms with Crippen molar-refractivity contribution in [3.63, 3.8) is 0 Å². The first-order chi connectivity index (χ1) is 8.99. The molecule has 6 heteroatoms. The highest BCUT2D eigenvalue weighted by molar-refractivity contribution is 6.30. The number of hydrogen-bond donors (Lipinski definition) is 3. The van der Waals surface area contributed by atoms with E-state index in [1.807, 2.05) is 19.1 Å². The Morgan fingerprint density at radius 3 is 2.79 bits per heavy atom. The highest BCUT2D eigenvalue weighted by atomic mass is 35.5. The fourth-order valence-corrected chi connectivity index (χ4v) is 2.21. The Morgan fingerprint density at radius 2 is 2.26 bits per heavy atom. The molecule has 1 aromatic carbocycles. The Kier molecular flexibility index (Phi) is 3.66. The molecule has 102 valence electrons. The number of nitrogens with one attached hydrogen (secondary N) is 1. The lowest BCUT2D eigenvalue weighted by molar-refractivity contribution is -0.124. The van der Waals surface area contributed by atoms with Crippen molar-refractivity contribution in [2.45, 2.75) is 25.8 Å². The Morgan fingerprint density at radius 1 is 1.58 bits per heavy atom. The van der Waals surface area contributed by atoms with Gasteiger partial charge in [0.1, 0.15) is 5.41 Å². The zero-order valence-electron chi connectivity index (χ0n) is 10.6. The molecule has 4 N–H and O–H groups in total. The fraction of sp³-hybridized carbons (Fsp3) is 0.385. The predicted octanol–water partition coefficient (Wildman–Crippen LogP) is 2.04. The second-order valence-electron chi connectivity index (χ2n) is 4.82. The number of halogens is 1. The highest BCUT2D eigenvalue weighted by Gasteiger charge is 2.54. The maximum absolute atomic E-state index is 12.2. The molecule has 0 spiro atoms. The Hall–Kier alpha value is -1.75. The molecular formula is C13H16ClN3O2. The summed E-state index contributed by atoms with van der Waals surface area (Å²) in [4.78, 5) is 12.2. The average Bonchev–Trinajstić information content (AvgIpc) is 3.19. The summed E-state index contributed by atoms with van der Waals surface area (Å²) in [6.45, 7) is 1.87. The van der Waals surface area contributed by atoms with E-state index in [9.17, 15) is 4.79 Å². The molecule has 19 heavy (non-hydrogen) atoms. The zero-order chi connectivity index (χ0) is 14.0. The van der Waals surface area contributed by atoms with Crippen molar-refractivity contribution in [1.29, 1.82) is 0 Å². The monoisotopic (exact) mass is 281 g/mol. The summed E-state index contributed by atoms with van der Waals surface area (Å²) in [5.41, 5.74) is 5.65. The second-order valence-corrected chi connectivity index (χ2v) is 5.25. The molecule has 1 aromatic rings. The van der Waals surface area contributed by atoms with Gasteiger partial charge in [0.25, 0.3) is 0 Å². The fourth-order valence-electron chi connectivity index (χ4n) is 2.01. The van der Waals surface area contributed by atoms with Crippen LogP contribution in [-0.4, -0.2) is 17.0 Å². The van der Waals surface area contributed by atoms with Crippen LogP contribution >= 0.6 is 11.6 Å². The van der Waals surface area contributed by atoms with Crippen molar-refractivity contribution in [3.05, 3.63) is 34.9 Å². The molecule has 1 unspecified atom stereocenters. The SMILES string of the molecule is CC(NC(=O)C1(/C(N)=N/O)CC1)c1cccc(Cl)c1. The summed E-state index contributed by atoms with van der Waals surface area (Å²) in [6.07, 6.45) is 1.22. The minimum Gasteiger partial charge on any atom is -0.409 e. The third-order valence-electron chi connectivity index (χ3n) is 3.48. The van der Waals surface area contributed by atoms with Gasteiger partial charge in [0.15, 0.2) is 5.84 Å². The van der Waals surface area contributed by atoms with Crippen LogP contribution < -0.4 is 11.1 Å². The van der Waals surface area contributed by atoms with Crippen LogP contribution in [0.4, 0.5) is 0 Å². The topological polar surface area (TPSA) is 87.7 Å². The molecule has 0 saturated heterocycles. The Balaban J connectivity index is 2.08. The van der Waals surface area contributed by atoms with Crippen LogP contribution in [0.25, 0.3) is 0 Å². The smallest absolute Gasteiger partial charge is 0.234 e. The molecule has 2 rings (SSSR count). The predicted molar refractivity (Wildman–Crippen MR) is 73.1 cm³/mol. The Bertz CT molecular complexity index is 526. The van der Waals surface area contributed by atoms with Crippen molar-refractivity contribution in [3.8, 4) is 0 Å². The van der Waals surface area contributed by atoms with Gasteiger partial charge in [0.2, 0.25) is 5.91 Å². The summed E-state index contributed by atoms with van der Waals surface area (Å²) >= 11 is 5.92. The molecule has 1 aliphatic carbocycles. The largest absolute Gasteiger partial charge is 0.409 e. The van der Waals surface area contributed by atoms with Gasteiger partial charge in [0.05, 0.1) is 6.04 Å². The van der Waals surface area contributed by atoms with E-state index in [0.29, 0.717) is 17.9 Å². The highest BCUT2D eigenvalue weighted by Crippen LogP contribution is 2.46. The van der Waals surface area contributed by atoms with E-state index in [2.05, 4.69) is 10.5 Å². The van der Waals surface area contributed by atoms with Crippen molar-refractivity contribution in [1.82, 2.24) is 5.32 Å². The van der Waals surface area contributed by atoms with Gasteiger partial charge in [-0.15, -0.1) is 0 Å². The minimum atomic E-state index is -0.832. The first kappa shape index (κ1) is 13.7. The van der Waals surface area contributed by atoms with Crippen LogP contribution in [0.2, 0.25) is 5.02 Å². The number of hydrogen-bond acceptors (Lipinski definition) is 3. The molecule has 1 amide bonds. The van der Waals surface area contributed by atoms with Crippen LogP contribution in [0.5, 0.6) is 0 Å². The van der Waals surface area contributed by atoms with Crippen molar-refractivity contribution < 1.29 is 10.0 Å². The first-order valence-corrected chi connectivity index (χ1v) is 6.42. The van der Waals surface area contributed by atoms with Gasteiger partial charge >= 0.3 is 0 Å². The normalized spacial score (nSPS) is 18.7. The van der Waals surface area contributed by atoms with E-state index in [1.165, 1.54) is 0 Å². The van der Waals surface area contributed by atoms with Crippen LogP contribution in [-0.2, 0) is 4.79 Å². The molecule has 1 saturated carbocycles. The molecule has 0 aliphatic heterocycles. The molecule has 1 aliphatic rings. The van der Waals surface area contributed by atoms with Gasteiger partial charge in [-0.25, -0.2) is 0 Å². The summed E-state index contributed by atoms with van der Waals surface area (Å²) in [5, 5.41) is 15.2. The van der Waals surface area contributed by atoms with Crippen LogP contribution in [0.3, 0.4) is 0 Å². The molecule has 1 fully saturated rings. The lowest BCUT2D eigenvalue weighted by Gasteiger charge is -2.19. The number of nitrogens with two attached hydrogens (primary N) is 1. The van der Waals surface area contributed by atoms with Gasteiger partial charge in [-0.3, -0.25) is 4.79 Å². The lowest BCUT2D eigenvalue weighted by Crippen LogP contribution is -2.41. The molecule has 0 bridgehead atoms. The summed E-state index contributed by atoms with van der Waals surface area (Å²) in [5.74, 6) is -0.237. The van der Waals surface area contributed by atoms with Gasteiger partial charge < -0.3 is 16.3 Å². The van der Waals surface area contributed by atoms with Crippen LogP contribution in [0.15, 0.2) is 29.4 Å². The van der Waals surface area contributed by atoms with E-state index >= 15 is 0 Å². The van der Waals surface area contributed by atoms with Crippen LogP contribution in [0, 0.1) is 5.41 Å². The molecule has 0 aromatic heterocycles. The molecule has 1 atom stereocenters. The van der Waals surface area contributed by atoms with Crippen molar-refractivity contribution >= 4 is 23.3 Å². The summed E-state index contributed by atoms with van der Waals surface area (Å²) in [7, 11) is 0. The quantitative estimate of drug-likeness (QED) is 0.342. The van der Waals surface area contributed by atoms with E-state index in [1.54, 1.807) is 12.1 Å². The van der Waals surface area contributed by atoms with E-state index in [-0.39, 0.29) is 17.8 Å². The van der Waals surface area contributed by atoms with Gasteiger partial charge in [-0.05, 0) is 37.5 Å². The molecule has 0 radical (unpaired) electrons. The molecule has 0 heterocycles. The first-order valence-electron chi connectivity index (χ1n) is 6.04. The maximum atomic E-state index is 12.2. The third kappa shape index (κ3) is 2.66. The summed E-state index contributed by atoms with van der Waals surface area (Å²) in [6, 6.07) is 7.11. The average molecular weight is 282 g/mol. The van der Waals surface area contributed by atoms with Crippen molar-refractivity contribution in [2.24, 2.45) is 16.3 Å². The van der Waals surface area contributed by atoms with E-state index < -0.39 is 5.41 Å². The Labute approximate surface area is 116 Å². The summed E-state index contributed by atoms with van der Waals surface area (Å²) < 4.78 is 0. The van der Waals surface area contributed by atoms with Gasteiger partial charge in [-0.2, -0.15) is 0 Å². The zero-order valence-corrected chi connectivity index (χ0v) is 11.3. The van der Waals surface area contributed by atoms with E-state index in [4.69, 9.17) is 22.5 Å². The van der Waals surface area contributed by atoms with Crippen LogP contribution in [0.1, 0.15) is 31.4 Å². The number of benzene rings is 1. The molecule has 5 nitrogen and oxygen atoms in total. The standard InChI is InChI=1S/C13H16ClN3O2/c1-8(9-3-2-4-10(14)7-9)16-12(18)13(5-6-13)11(15)17-19/h2-4,7-8,19H,5-6H2,1H3,(H2,15,17)(H,16,18). The molecular weight excluding hydrogens is 266 g/mol. The minimum absolute atomic E-state index is 0.0247. The number of amidine groups is 1. The number of carbonyl (C=O) groups excluding carboxylic acids is 1. The van der Waals surface area contributed by atoms with Crippen molar-refractivity contribution in [2.75, 3.05) is 0 Å². The number of carbonyl (C=O) groups is 1. The number of rotatable bonds is 4. The number of amides is 1. The maximum Gasteiger partial charge on any atom is 0.234 e. The third-order valence-corrected chi connectivity index (χ3v) is 3.71. The second kappa shape index (κ2) is 5.09. The number of oxime groups is 1. The lowest BCUT2D eigenvalue weighted by atomic mass is 10.0. The van der Waals surface area contributed by atoms with E-state index in [0.717, 1.165) is 5.56 Å². The van der Waals surface area contributed by atoms with Gasteiger partial charge in [-0.1, -0.05) is 28.9 Å². The van der Waals surface area contributed by atoms with Gasteiger partial charge in [0, 0.05) is 5.02 Å².